The van der Waals surface area contributed by atoms with E-state index < -0.39 is 16.8 Å². The van der Waals surface area contributed by atoms with Crippen molar-refractivity contribution >= 4 is 16.8 Å². The van der Waals surface area contributed by atoms with Gasteiger partial charge >= 0.3 is 0 Å². The molecule has 0 aromatic carbocycles. The summed E-state index contributed by atoms with van der Waals surface area (Å²) in [6.45, 7) is 1.16. The van der Waals surface area contributed by atoms with Gasteiger partial charge in [-0.2, -0.15) is 0 Å². The molecule has 8 heavy (non-hydrogen) atoms. The molecule has 0 spiro atoms. The predicted octanol–water partition coefficient (Wildman–Crippen LogP) is -0.714. The number of hydrogen-bond acceptors (Lipinski definition) is 3. The summed E-state index contributed by atoms with van der Waals surface area (Å²) < 4.78 is 19.1. The Morgan fingerprint density at radius 2 is 2.12 bits per heavy atom. The molecule has 0 aliphatic rings. The van der Waals surface area contributed by atoms with E-state index >= 15 is 0 Å². The van der Waals surface area contributed by atoms with Crippen molar-refractivity contribution in [1.29, 1.82) is 0 Å². The fraction of sp³-hybridized carbons (Fsp3) is 0.500. The van der Waals surface area contributed by atoms with E-state index in [9.17, 15) is 9.00 Å². The van der Waals surface area contributed by atoms with Gasteiger partial charge in [0.2, 0.25) is 16.8 Å². The Morgan fingerprint density at radius 3 is 2.12 bits per heavy atom. The Balaban J connectivity index is 0. The van der Waals surface area contributed by atoms with Gasteiger partial charge < -0.3 is 13.1 Å². The van der Waals surface area contributed by atoms with E-state index in [2.05, 4.69) is 0 Å². The van der Waals surface area contributed by atoms with Crippen LogP contribution in [0.15, 0.2) is 0 Å². The number of nitrogens with one attached hydrogen (secondary N) is 1. The van der Waals surface area contributed by atoms with Gasteiger partial charge in [0.1, 0.15) is 0 Å². The van der Waals surface area contributed by atoms with Crippen LogP contribution in [0.5, 0.6) is 0 Å². The van der Waals surface area contributed by atoms with Crippen molar-refractivity contribution in [2.45, 2.75) is 6.92 Å². The van der Waals surface area contributed by atoms with Crippen molar-refractivity contribution in [2.24, 2.45) is 0 Å². The summed E-state index contributed by atoms with van der Waals surface area (Å²) in [5.74, 6) is -0.513. The van der Waals surface area contributed by atoms with Gasteiger partial charge in [-0.05, 0) is 0 Å². The first-order valence-electron chi connectivity index (χ1n) is 1.51. The van der Waals surface area contributed by atoms with Crippen LogP contribution in [0.4, 0.5) is 0 Å². The van der Waals surface area contributed by atoms with Crippen molar-refractivity contribution in [3.8, 4) is 0 Å². The summed E-state index contributed by atoms with van der Waals surface area (Å²) in [7, 11) is -2.20. The number of rotatable bonds is 1. The van der Waals surface area contributed by atoms with E-state index in [0.717, 1.165) is 6.92 Å². The van der Waals surface area contributed by atoms with E-state index in [1.54, 1.807) is 4.72 Å². The minimum absolute atomic E-state index is 0. The maximum atomic E-state index is 9.79. The average Bonchev–Trinajstić information content (AvgIpc) is 1.27. The molecule has 1 radical (unpaired) electrons. The first-order chi connectivity index (χ1) is 3.13. The molecule has 1 amide bonds. The number of carbonyl (C=O) groups is 1. The summed E-state index contributed by atoms with van der Waals surface area (Å²) in [6.07, 6.45) is 0. The molecule has 2 N–H and O–H groups in total. The minimum atomic E-state index is -2.20. The molecule has 6 heteroatoms. The van der Waals surface area contributed by atoms with Crippen molar-refractivity contribution in [3.63, 3.8) is 0 Å². The second kappa shape index (κ2) is 5.19. The zero-order valence-corrected chi connectivity index (χ0v) is 6.46. The maximum absolute atomic E-state index is 9.79. The molecule has 0 saturated heterocycles. The molecule has 0 aliphatic heterocycles. The van der Waals surface area contributed by atoms with Crippen LogP contribution in [0.3, 0.4) is 0 Å². The van der Waals surface area contributed by atoms with Gasteiger partial charge in [-0.25, -0.2) is 0 Å². The molecule has 0 rings (SSSR count). The van der Waals surface area contributed by atoms with Gasteiger partial charge in [-0.1, -0.05) is 0 Å². The zero-order chi connectivity index (χ0) is 5.86. The van der Waals surface area contributed by atoms with E-state index in [4.69, 9.17) is 4.21 Å². The van der Waals surface area contributed by atoms with E-state index in [-0.39, 0.29) is 19.5 Å². The summed E-state index contributed by atoms with van der Waals surface area (Å²) in [4.78, 5) is 9.79. The third kappa shape index (κ3) is 9.40. The second-order valence-electron chi connectivity index (χ2n) is 0.907. The van der Waals surface area contributed by atoms with Gasteiger partial charge in [0, 0.05) is 26.4 Å². The van der Waals surface area contributed by atoms with E-state index in [1.165, 1.54) is 0 Å². The zero-order valence-electron chi connectivity index (χ0n) is 4.01. The average molecular weight is 226 g/mol. The molecule has 0 fully saturated rings. The molecule has 0 heterocycles. The predicted molar refractivity (Wildman–Crippen MR) is 23.8 cm³/mol. The van der Waals surface area contributed by atoms with Crippen LogP contribution in [0.2, 0.25) is 0 Å². The first kappa shape index (κ1) is 10.9. The SMILES string of the molecule is CC(=O)N[S-](=O)=[OH+].[Rh]. The third-order valence-corrected chi connectivity index (χ3v) is 0.693. The molecule has 0 unspecified atom stereocenters. The van der Waals surface area contributed by atoms with Crippen molar-refractivity contribution in [3.05, 3.63) is 0 Å². The molecular weight excluding hydrogens is 221 g/mol. The van der Waals surface area contributed by atoms with Crippen molar-refractivity contribution in [1.82, 2.24) is 4.72 Å². The van der Waals surface area contributed by atoms with Gasteiger partial charge in [0.15, 0.2) is 0 Å². The van der Waals surface area contributed by atoms with Gasteiger partial charge in [-0.3, -0.25) is 4.79 Å². The van der Waals surface area contributed by atoms with Crippen molar-refractivity contribution < 1.29 is 32.7 Å². The molecule has 0 saturated carbocycles. The largest absolute Gasteiger partial charge is 0.351 e. The molecule has 0 atom stereocenters. The summed E-state index contributed by atoms with van der Waals surface area (Å²) in [5, 5.41) is 0. The smallest absolute Gasteiger partial charge is 0.211 e. The molecule has 0 bridgehead atoms. The summed E-state index contributed by atoms with van der Waals surface area (Å²) in [5.41, 5.74) is 0. The van der Waals surface area contributed by atoms with E-state index in [0.29, 0.717) is 0 Å². The van der Waals surface area contributed by atoms with Crippen LogP contribution in [0.25, 0.3) is 0 Å². The minimum Gasteiger partial charge on any atom is -0.351 e. The topological polar surface area (TPSA) is 67.6 Å². The fourth-order valence-electron chi connectivity index (χ4n) is 0.123. The number of hydrogen-bond donors (Lipinski definition) is 1. The molecule has 51 valence electrons. The summed E-state index contributed by atoms with van der Waals surface area (Å²) >= 11 is 0. The van der Waals surface area contributed by atoms with Crippen molar-refractivity contribution in [2.75, 3.05) is 0 Å². The summed E-state index contributed by atoms with van der Waals surface area (Å²) in [6, 6.07) is 0. The molecule has 4 nitrogen and oxygen atoms in total. The Hall–Kier alpha value is 0.0434. The monoisotopic (exact) mass is 226 g/mol. The Labute approximate surface area is 61.5 Å². The van der Waals surface area contributed by atoms with Gasteiger partial charge in [0.05, 0.1) is 0 Å². The van der Waals surface area contributed by atoms with E-state index in [1.807, 2.05) is 0 Å². The molecule has 0 aromatic heterocycles. The number of amides is 1. The Kier molecular flexibility index (Phi) is 7.08. The molecule has 0 aromatic rings. The number of carbonyl (C=O) groups excluding carboxylic acids is 1. The van der Waals surface area contributed by atoms with Crippen LogP contribution in [0.1, 0.15) is 6.92 Å². The molecule has 0 aliphatic carbocycles. The van der Waals surface area contributed by atoms with Crippen LogP contribution in [-0.2, 0) is 39.4 Å². The standard InChI is InChI=1S/C2H5NO3S.Rh/c1-2(4)3-7(5)6;/h5H,1H3,(H,3,4,6);. The maximum Gasteiger partial charge on any atom is 0.211 e. The van der Waals surface area contributed by atoms with Crippen LogP contribution in [-0.4, -0.2) is 10.1 Å². The van der Waals surface area contributed by atoms with Gasteiger partial charge in [-0.15, -0.1) is 0 Å². The van der Waals surface area contributed by atoms with Gasteiger partial charge in [0.25, 0.3) is 0 Å². The van der Waals surface area contributed by atoms with Crippen LogP contribution < -0.4 is 4.72 Å². The second-order valence-corrected chi connectivity index (χ2v) is 1.61. The Bertz CT molecular complexity index is 134. The van der Waals surface area contributed by atoms with Crippen LogP contribution in [0, 0.1) is 0 Å². The Morgan fingerprint density at radius 1 is 1.75 bits per heavy atom. The fourth-order valence-corrected chi connectivity index (χ4v) is 0.369. The normalized spacial score (nSPS) is 7.75. The quantitative estimate of drug-likeness (QED) is 0.364. The third-order valence-electron chi connectivity index (χ3n) is 0.231. The first-order valence-corrected chi connectivity index (χ1v) is 2.61. The van der Waals surface area contributed by atoms with Crippen LogP contribution >= 0.6 is 0 Å². The molecular formula is C2H5NO3RhS.